The van der Waals surface area contributed by atoms with E-state index in [0.29, 0.717) is 6.54 Å². The van der Waals surface area contributed by atoms with E-state index >= 15 is 0 Å². The minimum absolute atomic E-state index is 0.166. The second-order valence-corrected chi connectivity index (χ2v) is 7.66. The summed E-state index contributed by atoms with van der Waals surface area (Å²) in [7, 11) is 0. The smallest absolute Gasteiger partial charge is 0.229 e. The number of carbonyl (C=O) groups excluding carboxylic acids is 1. The van der Waals surface area contributed by atoms with Crippen LogP contribution in [-0.4, -0.2) is 48.4 Å². The molecule has 20 heavy (non-hydrogen) atoms. The Hall–Kier alpha value is -0.620. The molecule has 1 aromatic rings. The molecule has 112 valence electrons. The minimum Gasteiger partial charge on any atom is -0.340 e. The van der Waals surface area contributed by atoms with E-state index in [0.717, 1.165) is 37.1 Å². The Morgan fingerprint density at radius 3 is 2.50 bits per heavy atom. The van der Waals surface area contributed by atoms with Crippen LogP contribution in [0.5, 0.6) is 0 Å². The molecule has 1 saturated heterocycles. The van der Waals surface area contributed by atoms with Crippen LogP contribution in [0.25, 0.3) is 0 Å². The fourth-order valence-electron chi connectivity index (χ4n) is 2.28. The third-order valence-electron chi connectivity index (χ3n) is 3.76. The molecule has 0 saturated carbocycles. The van der Waals surface area contributed by atoms with Gasteiger partial charge in [-0.1, -0.05) is 11.6 Å². The molecule has 0 bridgehead atoms. The second kappa shape index (κ2) is 6.43. The van der Waals surface area contributed by atoms with Crippen LogP contribution in [0, 0.1) is 5.41 Å². The number of piperazine rings is 1. The van der Waals surface area contributed by atoms with Crippen molar-refractivity contribution in [1.29, 1.82) is 0 Å². The number of hydrogen-bond donors (Lipinski definition) is 1. The van der Waals surface area contributed by atoms with Crippen LogP contribution in [-0.2, 0) is 11.3 Å². The maximum Gasteiger partial charge on any atom is 0.229 e. The van der Waals surface area contributed by atoms with E-state index in [9.17, 15) is 4.79 Å². The molecule has 4 nitrogen and oxygen atoms in total. The van der Waals surface area contributed by atoms with Crippen molar-refractivity contribution in [1.82, 2.24) is 9.80 Å². The molecule has 0 atom stereocenters. The predicted octanol–water partition coefficient (Wildman–Crippen LogP) is 2.03. The van der Waals surface area contributed by atoms with Gasteiger partial charge in [-0.2, -0.15) is 0 Å². The standard InChI is InChI=1S/C14H22ClN3OS/c1-14(2,10-16)13(19)18-7-5-17(6-8-18)9-11-3-4-12(15)20-11/h3-4H,5-10,16H2,1-2H3. The van der Waals surface area contributed by atoms with Crippen molar-refractivity contribution in [3.63, 3.8) is 0 Å². The molecule has 0 unspecified atom stereocenters. The number of nitrogens with two attached hydrogens (primary N) is 1. The van der Waals surface area contributed by atoms with Crippen LogP contribution in [0.3, 0.4) is 0 Å². The number of halogens is 1. The first-order valence-corrected chi connectivity index (χ1v) is 8.08. The van der Waals surface area contributed by atoms with Crippen LogP contribution in [0.4, 0.5) is 0 Å². The highest BCUT2D eigenvalue weighted by atomic mass is 35.5. The molecule has 0 aliphatic carbocycles. The van der Waals surface area contributed by atoms with E-state index in [-0.39, 0.29) is 5.91 Å². The van der Waals surface area contributed by atoms with Gasteiger partial charge in [0.1, 0.15) is 0 Å². The fraction of sp³-hybridized carbons (Fsp3) is 0.643. The zero-order valence-corrected chi connectivity index (χ0v) is 13.6. The first-order valence-electron chi connectivity index (χ1n) is 6.88. The van der Waals surface area contributed by atoms with E-state index in [1.807, 2.05) is 24.8 Å². The molecule has 1 fully saturated rings. The third kappa shape index (κ3) is 3.73. The number of thiophene rings is 1. The third-order valence-corrected chi connectivity index (χ3v) is 4.97. The maximum absolute atomic E-state index is 12.3. The maximum atomic E-state index is 12.3. The van der Waals surface area contributed by atoms with Crippen molar-refractivity contribution in [3.05, 3.63) is 21.3 Å². The molecule has 2 N–H and O–H groups in total. The lowest BCUT2D eigenvalue weighted by Gasteiger charge is -2.38. The highest BCUT2D eigenvalue weighted by molar-refractivity contribution is 7.16. The molecule has 0 aromatic carbocycles. The summed E-state index contributed by atoms with van der Waals surface area (Å²) in [6, 6.07) is 4.01. The number of nitrogens with zero attached hydrogens (tertiary/aromatic N) is 2. The van der Waals surface area contributed by atoms with Crippen molar-refractivity contribution in [2.24, 2.45) is 11.1 Å². The summed E-state index contributed by atoms with van der Waals surface area (Å²) in [5, 5.41) is 0. The van der Waals surface area contributed by atoms with E-state index in [2.05, 4.69) is 11.0 Å². The van der Waals surface area contributed by atoms with Gasteiger partial charge < -0.3 is 10.6 Å². The summed E-state index contributed by atoms with van der Waals surface area (Å²) in [6.45, 7) is 8.50. The lowest BCUT2D eigenvalue weighted by atomic mass is 9.91. The van der Waals surface area contributed by atoms with Gasteiger partial charge in [-0.15, -0.1) is 11.3 Å². The number of hydrogen-bond acceptors (Lipinski definition) is 4. The summed E-state index contributed by atoms with van der Waals surface area (Å²) < 4.78 is 0.832. The molecular formula is C14H22ClN3OS. The number of rotatable bonds is 4. The van der Waals surface area contributed by atoms with Gasteiger partial charge in [0.05, 0.1) is 9.75 Å². The van der Waals surface area contributed by atoms with Crippen molar-refractivity contribution < 1.29 is 4.79 Å². The number of carbonyl (C=O) groups is 1. The molecule has 6 heteroatoms. The zero-order valence-electron chi connectivity index (χ0n) is 12.1. The highest BCUT2D eigenvalue weighted by Crippen LogP contribution is 2.24. The first-order chi connectivity index (χ1) is 9.42. The van der Waals surface area contributed by atoms with E-state index in [1.54, 1.807) is 11.3 Å². The van der Waals surface area contributed by atoms with Gasteiger partial charge in [-0.3, -0.25) is 9.69 Å². The Kier molecular flexibility index (Phi) is 5.07. The summed E-state index contributed by atoms with van der Waals surface area (Å²) in [6.07, 6.45) is 0. The van der Waals surface area contributed by atoms with E-state index < -0.39 is 5.41 Å². The quantitative estimate of drug-likeness (QED) is 0.925. The van der Waals surface area contributed by atoms with Crippen LogP contribution in [0.15, 0.2) is 12.1 Å². The largest absolute Gasteiger partial charge is 0.340 e. The lowest BCUT2D eigenvalue weighted by Crippen LogP contribution is -2.53. The molecule has 2 rings (SSSR count). The van der Waals surface area contributed by atoms with Crippen molar-refractivity contribution in [2.45, 2.75) is 20.4 Å². The predicted molar refractivity (Wildman–Crippen MR) is 84.0 cm³/mol. The lowest BCUT2D eigenvalue weighted by molar-refractivity contribution is -0.141. The summed E-state index contributed by atoms with van der Waals surface area (Å²) in [5.41, 5.74) is 5.22. The Bertz CT molecular complexity index is 467. The van der Waals surface area contributed by atoms with Crippen molar-refractivity contribution >= 4 is 28.8 Å². The molecule has 0 radical (unpaired) electrons. The average Bonchev–Trinajstić information content (AvgIpc) is 2.84. The van der Waals surface area contributed by atoms with Gasteiger partial charge in [0, 0.05) is 44.1 Å². The van der Waals surface area contributed by atoms with Crippen molar-refractivity contribution in [3.8, 4) is 0 Å². The first kappa shape index (κ1) is 15.8. The summed E-state index contributed by atoms with van der Waals surface area (Å²) in [4.78, 5) is 17.9. The molecule has 2 heterocycles. The molecular weight excluding hydrogens is 294 g/mol. The monoisotopic (exact) mass is 315 g/mol. The molecule has 1 aliphatic rings. The van der Waals surface area contributed by atoms with Gasteiger partial charge in [0.15, 0.2) is 0 Å². The molecule has 1 aromatic heterocycles. The second-order valence-electron chi connectivity index (χ2n) is 5.86. The highest BCUT2D eigenvalue weighted by Gasteiger charge is 2.32. The minimum atomic E-state index is -0.455. The van der Waals surface area contributed by atoms with Gasteiger partial charge in [0.2, 0.25) is 5.91 Å². The average molecular weight is 316 g/mol. The van der Waals surface area contributed by atoms with E-state index in [1.165, 1.54) is 4.88 Å². The van der Waals surface area contributed by atoms with Gasteiger partial charge in [0.25, 0.3) is 0 Å². The Labute approximate surface area is 129 Å². The summed E-state index contributed by atoms with van der Waals surface area (Å²) >= 11 is 7.57. The molecule has 1 amide bonds. The molecule has 1 aliphatic heterocycles. The Morgan fingerprint density at radius 2 is 2.00 bits per heavy atom. The van der Waals surface area contributed by atoms with Crippen molar-refractivity contribution in [2.75, 3.05) is 32.7 Å². The number of amides is 1. The van der Waals surface area contributed by atoms with Gasteiger partial charge >= 0.3 is 0 Å². The Morgan fingerprint density at radius 1 is 1.35 bits per heavy atom. The zero-order chi connectivity index (χ0) is 14.8. The van der Waals surface area contributed by atoms with Crippen LogP contribution >= 0.6 is 22.9 Å². The Balaban J connectivity index is 1.85. The van der Waals surface area contributed by atoms with Crippen LogP contribution in [0.2, 0.25) is 4.34 Å². The SMILES string of the molecule is CC(C)(CN)C(=O)N1CCN(Cc2ccc(Cl)s2)CC1. The fourth-order valence-corrected chi connectivity index (χ4v) is 3.41. The normalized spacial score (nSPS) is 17.5. The van der Waals surface area contributed by atoms with E-state index in [4.69, 9.17) is 17.3 Å². The van der Waals surface area contributed by atoms with Gasteiger partial charge in [-0.25, -0.2) is 0 Å². The summed E-state index contributed by atoms with van der Waals surface area (Å²) in [5.74, 6) is 0.166. The van der Waals surface area contributed by atoms with Gasteiger partial charge in [-0.05, 0) is 26.0 Å². The van der Waals surface area contributed by atoms with Crippen LogP contribution < -0.4 is 5.73 Å². The van der Waals surface area contributed by atoms with Crippen LogP contribution in [0.1, 0.15) is 18.7 Å². The molecule has 0 spiro atoms. The topological polar surface area (TPSA) is 49.6 Å².